The summed E-state index contributed by atoms with van der Waals surface area (Å²) in [7, 11) is 0. The van der Waals surface area contributed by atoms with Gasteiger partial charge in [0.15, 0.2) is 5.96 Å². The van der Waals surface area contributed by atoms with E-state index >= 15 is 0 Å². The van der Waals surface area contributed by atoms with Crippen LogP contribution in [-0.4, -0.2) is 48.1 Å². The van der Waals surface area contributed by atoms with Crippen molar-refractivity contribution in [3.05, 3.63) is 0 Å². The summed E-state index contributed by atoms with van der Waals surface area (Å²) < 4.78 is 0. The largest absolute Gasteiger partial charge is 0.480 e. The number of amides is 1. The molecule has 0 bridgehead atoms. The van der Waals surface area contributed by atoms with Gasteiger partial charge >= 0.3 is 5.97 Å². The highest BCUT2D eigenvalue weighted by molar-refractivity contribution is 5.81. The van der Waals surface area contributed by atoms with Gasteiger partial charge in [0.2, 0.25) is 5.91 Å². The van der Waals surface area contributed by atoms with Crippen LogP contribution in [0.4, 0.5) is 0 Å². The molecular formula is C10H22N6O3. The molecule has 0 aromatic carbocycles. The van der Waals surface area contributed by atoms with Crippen molar-refractivity contribution in [1.82, 2.24) is 5.32 Å². The van der Waals surface area contributed by atoms with Crippen LogP contribution in [0.15, 0.2) is 4.99 Å². The number of carboxylic acid groups (broad SMARTS) is 1. The molecule has 0 aliphatic rings. The van der Waals surface area contributed by atoms with Crippen LogP contribution in [0.2, 0.25) is 0 Å². The van der Waals surface area contributed by atoms with Crippen molar-refractivity contribution in [2.75, 3.05) is 13.1 Å². The number of hydrogen-bond donors (Lipinski definition) is 6. The van der Waals surface area contributed by atoms with Gasteiger partial charge in [0, 0.05) is 13.1 Å². The number of rotatable bonds is 9. The van der Waals surface area contributed by atoms with Gasteiger partial charge < -0.3 is 33.4 Å². The summed E-state index contributed by atoms with van der Waals surface area (Å²) in [5.74, 6) is -1.45. The molecule has 10 N–H and O–H groups in total. The smallest absolute Gasteiger partial charge is 0.320 e. The highest BCUT2D eigenvalue weighted by atomic mass is 16.4. The molecular weight excluding hydrogens is 252 g/mol. The fourth-order valence-electron chi connectivity index (χ4n) is 1.26. The molecule has 0 aliphatic heterocycles. The van der Waals surface area contributed by atoms with Gasteiger partial charge in [0.1, 0.15) is 6.04 Å². The maximum absolute atomic E-state index is 11.5. The molecule has 0 aromatic rings. The Balaban J connectivity index is 3.76. The van der Waals surface area contributed by atoms with E-state index in [-0.39, 0.29) is 24.8 Å². The lowest BCUT2D eigenvalue weighted by atomic mass is 10.1. The lowest BCUT2D eigenvalue weighted by Gasteiger charge is -2.12. The Morgan fingerprint density at radius 2 is 1.79 bits per heavy atom. The van der Waals surface area contributed by atoms with Gasteiger partial charge in [-0.2, -0.15) is 0 Å². The number of carboxylic acids is 1. The highest BCUT2D eigenvalue weighted by Crippen LogP contribution is 1.96. The van der Waals surface area contributed by atoms with Gasteiger partial charge in [0.05, 0.1) is 6.04 Å². The number of guanidine groups is 1. The molecule has 0 unspecified atom stereocenters. The molecule has 0 heterocycles. The highest BCUT2D eigenvalue weighted by Gasteiger charge is 2.14. The molecule has 0 aromatic heterocycles. The number of nitrogens with zero attached hydrogens (tertiary/aromatic N) is 1. The fraction of sp³-hybridized carbons (Fsp3) is 0.700. The van der Waals surface area contributed by atoms with Crippen molar-refractivity contribution < 1.29 is 14.7 Å². The Morgan fingerprint density at radius 1 is 1.16 bits per heavy atom. The molecule has 0 saturated carbocycles. The maximum atomic E-state index is 11.5. The number of carbonyl (C=O) groups is 2. The molecule has 0 saturated heterocycles. The first-order valence-electron chi connectivity index (χ1n) is 5.91. The van der Waals surface area contributed by atoms with Crippen LogP contribution >= 0.6 is 0 Å². The third kappa shape index (κ3) is 8.80. The second kappa shape index (κ2) is 9.11. The first-order chi connectivity index (χ1) is 8.84. The molecule has 0 rings (SSSR count). The van der Waals surface area contributed by atoms with E-state index in [2.05, 4.69) is 10.3 Å². The Hall–Kier alpha value is -1.87. The molecule has 0 spiro atoms. The SMILES string of the molecule is NC(N)=NCCC[C@@H](N)C(=O)NCC[C@H](N)C(=O)O. The van der Waals surface area contributed by atoms with Crippen LogP contribution in [0.1, 0.15) is 19.3 Å². The van der Waals surface area contributed by atoms with Gasteiger partial charge in [-0.15, -0.1) is 0 Å². The normalized spacial score (nSPS) is 13.4. The van der Waals surface area contributed by atoms with Crippen molar-refractivity contribution in [1.29, 1.82) is 0 Å². The fourth-order valence-corrected chi connectivity index (χ4v) is 1.26. The molecule has 110 valence electrons. The predicted octanol–water partition coefficient (Wildman–Crippen LogP) is -2.71. The Kier molecular flexibility index (Phi) is 8.22. The average molecular weight is 274 g/mol. The van der Waals surface area contributed by atoms with Gasteiger partial charge in [-0.3, -0.25) is 14.6 Å². The van der Waals surface area contributed by atoms with E-state index in [1.165, 1.54) is 0 Å². The average Bonchev–Trinajstić information content (AvgIpc) is 2.33. The van der Waals surface area contributed by atoms with Gasteiger partial charge in [-0.05, 0) is 19.3 Å². The minimum atomic E-state index is -1.10. The van der Waals surface area contributed by atoms with E-state index in [0.717, 1.165) is 0 Å². The number of carbonyl (C=O) groups excluding carboxylic acids is 1. The summed E-state index contributed by atoms with van der Waals surface area (Å²) in [4.78, 5) is 25.7. The van der Waals surface area contributed by atoms with Crippen molar-refractivity contribution in [2.24, 2.45) is 27.9 Å². The summed E-state index contributed by atoms with van der Waals surface area (Å²) >= 11 is 0. The standard InChI is InChI=1S/C10H22N6O3/c11-6(2-1-4-16-10(13)14)8(17)15-5-3-7(12)9(18)19/h6-7H,1-5,11-12H2,(H,15,17)(H,18,19)(H4,13,14,16)/t6-,7+/m1/s1. The lowest BCUT2D eigenvalue weighted by Crippen LogP contribution is -2.43. The minimum absolute atomic E-state index is 0.000631. The molecule has 0 radical (unpaired) electrons. The third-order valence-corrected chi connectivity index (χ3v) is 2.38. The van der Waals surface area contributed by atoms with Crippen LogP contribution in [0.5, 0.6) is 0 Å². The molecule has 0 aliphatic carbocycles. The van der Waals surface area contributed by atoms with E-state index in [4.69, 9.17) is 28.0 Å². The summed E-state index contributed by atoms with van der Waals surface area (Å²) in [6, 6.07) is -1.66. The van der Waals surface area contributed by atoms with Crippen LogP contribution in [0, 0.1) is 0 Å². The van der Waals surface area contributed by atoms with Gasteiger partial charge in [-0.25, -0.2) is 0 Å². The number of hydrogen-bond acceptors (Lipinski definition) is 5. The molecule has 19 heavy (non-hydrogen) atoms. The number of nitrogens with two attached hydrogens (primary N) is 4. The van der Waals surface area contributed by atoms with Crippen LogP contribution in [0.3, 0.4) is 0 Å². The minimum Gasteiger partial charge on any atom is -0.480 e. The van der Waals surface area contributed by atoms with Crippen molar-refractivity contribution in [3.8, 4) is 0 Å². The first kappa shape index (κ1) is 17.1. The zero-order valence-electron chi connectivity index (χ0n) is 10.7. The molecule has 9 nitrogen and oxygen atoms in total. The Bertz CT molecular complexity index is 329. The topological polar surface area (TPSA) is 183 Å². The van der Waals surface area contributed by atoms with E-state index in [9.17, 15) is 9.59 Å². The van der Waals surface area contributed by atoms with Crippen molar-refractivity contribution in [3.63, 3.8) is 0 Å². The summed E-state index contributed by atoms with van der Waals surface area (Å²) in [5, 5.41) is 11.1. The van der Waals surface area contributed by atoms with E-state index in [1.54, 1.807) is 0 Å². The Labute approximate surface area is 111 Å². The first-order valence-corrected chi connectivity index (χ1v) is 5.91. The van der Waals surface area contributed by atoms with Crippen LogP contribution < -0.4 is 28.3 Å². The maximum Gasteiger partial charge on any atom is 0.320 e. The zero-order valence-corrected chi connectivity index (χ0v) is 10.7. The number of aliphatic imine (C=N–C) groups is 1. The van der Waals surface area contributed by atoms with Crippen LogP contribution in [-0.2, 0) is 9.59 Å². The third-order valence-electron chi connectivity index (χ3n) is 2.38. The van der Waals surface area contributed by atoms with Crippen molar-refractivity contribution in [2.45, 2.75) is 31.3 Å². The van der Waals surface area contributed by atoms with E-state index in [0.29, 0.717) is 19.4 Å². The van der Waals surface area contributed by atoms with E-state index < -0.39 is 18.1 Å². The second-order valence-corrected chi connectivity index (χ2v) is 4.08. The molecule has 2 atom stereocenters. The number of nitrogens with one attached hydrogen (secondary N) is 1. The second-order valence-electron chi connectivity index (χ2n) is 4.08. The molecule has 9 heteroatoms. The van der Waals surface area contributed by atoms with Crippen molar-refractivity contribution >= 4 is 17.8 Å². The van der Waals surface area contributed by atoms with Gasteiger partial charge in [0.25, 0.3) is 0 Å². The van der Waals surface area contributed by atoms with Gasteiger partial charge in [-0.1, -0.05) is 0 Å². The lowest BCUT2D eigenvalue weighted by molar-refractivity contribution is -0.138. The quantitative estimate of drug-likeness (QED) is 0.150. The zero-order chi connectivity index (χ0) is 14.8. The summed E-state index contributed by atoms with van der Waals surface area (Å²) in [5.41, 5.74) is 21.2. The Morgan fingerprint density at radius 3 is 2.32 bits per heavy atom. The monoisotopic (exact) mass is 274 g/mol. The molecule has 0 fully saturated rings. The predicted molar refractivity (Wildman–Crippen MR) is 71.1 cm³/mol. The van der Waals surface area contributed by atoms with E-state index in [1.807, 2.05) is 0 Å². The summed E-state index contributed by atoms with van der Waals surface area (Å²) in [6.45, 7) is 0.584. The number of aliphatic carboxylic acids is 1. The summed E-state index contributed by atoms with van der Waals surface area (Å²) in [6.07, 6.45) is 1.18. The van der Waals surface area contributed by atoms with Crippen LogP contribution in [0.25, 0.3) is 0 Å². The molecule has 1 amide bonds.